The van der Waals surface area contributed by atoms with Crippen LogP contribution in [0, 0.1) is 0 Å². The van der Waals surface area contributed by atoms with E-state index in [-0.39, 0.29) is 32.2 Å². The SMILES string of the molecule is NC(=O)CCC(N)C(=O)NC(Cc1c[nH]c2ccccc12)C(=O)N1CCCC1C(=O)NC(Cc1c[nH]c2ccccc12)C(=O)O. The van der Waals surface area contributed by atoms with Crippen LogP contribution in [0.1, 0.15) is 36.8 Å². The summed E-state index contributed by atoms with van der Waals surface area (Å²) in [5.41, 5.74) is 14.4. The number of carboxylic acid groups (broad SMARTS) is 1. The van der Waals surface area contributed by atoms with Crippen LogP contribution in [0.5, 0.6) is 0 Å². The van der Waals surface area contributed by atoms with E-state index in [2.05, 4.69) is 20.6 Å². The standard InChI is InChI=1S/C32H37N7O6/c33-22(11-12-28(34)40)29(41)37-25(14-18-16-35-23-8-3-1-6-20(18)23)31(43)39-13-5-10-27(39)30(42)38-26(32(44)45)15-19-17-36-24-9-4-2-7-21(19)24/h1-4,6-9,16-17,22,25-27,35-36H,5,10-15,33H2,(H2,34,40)(H,37,41)(H,38,42)(H,44,45). The normalized spacial score (nSPS) is 16.7. The highest BCUT2D eigenvalue weighted by Crippen LogP contribution is 2.24. The zero-order valence-electron chi connectivity index (χ0n) is 24.6. The van der Waals surface area contributed by atoms with Crippen molar-refractivity contribution < 1.29 is 29.1 Å². The molecular formula is C32H37N7O6. The molecular weight excluding hydrogens is 578 g/mol. The summed E-state index contributed by atoms with van der Waals surface area (Å²) in [4.78, 5) is 71.7. The van der Waals surface area contributed by atoms with Gasteiger partial charge in [0, 0.05) is 60.0 Å². The van der Waals surface area contributed by atoms with E-state index < -0.39 is 53.8 Å². The molecule has 2 aromatic heterocycles. The van der Waals surface area contributed by atoms with Gasteiger partial charge < -0.3 is 42.1 Å². The molecule has 4 atom stereocenters. The fourth-order valence-corrected chi connectivity index (χ4v) is 5.92. The van der Waals surface area contributed by atoms with Crippen molar-refractivity contribution in [2.45, 2.75) is 62.7 Å². The molecule has 4 amide bonds. The summed E-state index contributed by atoms with van der Waals surface area (Å²) >= 11 is 0. The molecule has 236 valence electrons. The first-order valence-corrected chi connectivity index (χ1v) is 14.9. The number of carbonyl (C=O) groups excluding carboxylic acids is 4. The monoisotopic (exact) mass is 615 g/mol. The van der Waals surface area contributed by atoms with E-state index in [1.54, 1.807) is 12.4 Å². The number of hydrogen-bond acceptors (Lipinski definition) is 6. The minimum Gasteiger partial charge on any atom is -0.480 e. The third kappa shape index (κ3) is 7.15. The van der Waals surface area contributed by atoms with Crippen LogP contribution >= 0.6 is 0 Å². The van der Waals surface area contributed by atoms with Crippen molar-refractivity contribution >= 4 is 51.4 Å². The second-order valence-electron chi connectivity index (χ2n) is 11.4. The van der Waals surface area contributed by atoms with E-state index in [1.807, 2.05) is 48.5 Å². The third-order valence-corrected chi connectivity index (χ3v) is 8.30. The largest absolute Gasteiger partial charge is 0.480 e. The fourth-order valence-electron chi connectivity index (χ4n) is 5.92. The molecule has 13 heteroatoms. The first kappa shape index (κ1) is 31.3. The maximum atomic E-state index is 14.1. The van der Waals surface area contributed by atoms with Gasteiger partial charge in [0.2, 0.25) is 23.6 Å². The number of likely N-dealkylation sites (tertiary alicyclic amines) is 1. The second-order valence-corrected chi connectivity index (χ2v) is 11.4. The van der Waals surface area contributed by atoms with E-state index in [1.165, 1.54) is 4.90 Å². The Bertz CT molecular complexity index is 1730. The lowest BCUT2D eigenvalue weighted by atomic mass is 10.0. The molecule has 9 N–H and O–H groups in total. The Hall–Kier alpha value is -5.17. The summed E-state index contributed by atoms with van der Waals surface area (Å²) in [6.07, 6.45) is 4.43. The molecule has 1 aliphatic rings. The highest BCUT2D eigenvalue weighted by atomic mass is 16.4. The average Bonchev–Trinajstić information content (AvgIpc) is 3.78. The Kier molecular flexibility index (Phi) is 9.48. The summed E-state index contributed by atoms with van der Waals surface area (Å²) in [7, 11) is 0. The number of nitrogens with one attached hydrogen (secondary N) is 4. The van der Waals surface area contributed by atoms with Gasteiger partial charge in [0.25, 0.3) is 0 Å². The molecule has 5 rings (SSSR count). The molecule has 3 heterocycles. The number of H-pyrrole nitrogens is 2. The molecule has 1 aliphatic heterocycles. The summed E-state index contributed by atoms with van der Waals surface area (Å²) in [6, 6.07) is 10.7. The van der Waals surface area contributed by atoms with Crippen LogP contribution in [0.4, 0.5) is 0 Å². The predicted octanol–water partition coefficient (Wildman–Crippen LogP) is 1.07. The number of rotatable bonds is 13. The molecule has 13 nitrogen and oxygen atoms in total. The minimum atomic E-state index is -1.22. The average molecular weight is 616 g/mol. The van der Waals surface area contributed by atoms with Crippen molar-refractivity contribution in [1.82, 2.24) is 25.5 Å². The van der Waals surface area contributed by atoms with Gasteiger partial charge in [-0.15, -0.1) is 0 Å². The lowest BCUT2D eigenvalue weighted by molar-refractivity contribution is -0.145. The summed E-state index contributed by atoms with van der Waals surface area (Å²) < 4.78 is 0. The van der Waals surface area contributed by atoms with E-state index in [9.17, 15) is 29.1 Å². The number of para-hydroxylation sites is 2. The number of nitrogens with two attached hydrogens (primary N) is 2. The molecule has 0 radical (unpaired) electrons. The minimum absolute atomic E-state index is 0.0108. The highest BCUT2D eigenvalue weighted by molar-refractivity contribution is 5.95. The predicted molar refractivity (Wildman–Crippen MR) is 167 cm³/mol. The molecule has 1 fully saturated rings. The van der Waals surface area contributed by atoms with E-state index in [0.29, 0.717) is 12.8 Å². The highest BCUT2D eigenvalue weighted by Gasteiger charge is 2.39. The van der Waals surface area contributed by atoms with Gasteiger partial charge in [0.1, 0.15) is 18.1 Å². The van der Waals surface area contributed by atoms with Gasteiger partial charge >= 0.3 is 5.97 Å². The quantitative estimate of drug-likeness (QED) is 0.116. The smallest absolute Gasteiger partial charge is 0.326 e. The Morgan fingerprint density at radius 1 is 0.889 bits per heavy atom. The van der Waals surface area contributed by atoms with Crippen molar-refractivity contribution in [3.05, 3.63) is 72.1 Å². The molecule has 45 heavy (non-hydrogen) atoms. The van der Waals surface area contributed by atoms with Crippen molar-refractivity contribution in [2.24, 2.45) is 11.5 Å². The first-order valence-electron chi connectivity index (χ1n) is 14.9. The summed E-state index contributed by atoms with van der Waals surface area (Å²) in [5, 5.41) is 17.1. The van der Waals surface area contributed by atoms with E-state index in [4.69, 9.17) is 11.5 Å². The van der Waals surface area contributed by atoms with Gasteiger partial charge in [-0.1, -0.05) is 36.4 Å². The molecule has 0 saturated carbocycles. The van der Waals surface area contributed by atoms with Crippen LogP contribution in [0.2, 0.25) is 0 Å². The number of fused-ring (bicyclic) bond motifs is 2. The number of nitrogens with zero attached hydrogens (tertiary/aromatic N) is 1. The lowest BCUT2D eigenvalue weighted by Crippen LogP contribution is -2.57. The summed E-state index contributed by atoms with van der Waals surface area (Å²) in [6.45, 7) is 0.255. The van der Waals surface area contributed by atoms with E-state index in [0.717, 1.165) is 32.9 Å². The van der Waals surface area contributed by atoms with E-state index >= 15 is 0 Å². The number of benzene rings is 2. The Balaban J connectivity index is 1.34. The Morgan fingerprint density at radius 2 is 1.47 bits per heavy atom. The van der Waals surface area contributed by atoms with Crippen molar-refractivity contribution in [2.75, 3.05) is 6.54 Å². The lowest BCUT2D eigenvalue weighted by Gasteiger charge is -2.30. The second kappa shape index (κ2) is 13.6. The van der Waals surface area contributed by atoms with Gasteiger partial charge in [-0.25, -0.2) is 4.79 Å². The number of aromatic amines is 2. The maximum absolute atomic E-state index is 14.1. The molecule has 0 aliphatic carbocycles. The fraction of sp³-hybridized carbons (Fsp3) is 0.344. The van der Waals surface area contributed by atoms with Gasteiger partial charge in [0.15, 0.2) is 0 Å². The van der Waals surface area contributed by atoms with Crippen LogP contribution in [-0.4, -0.2) is 80.3 Å². The molecule has 1 saturated heterocycles. The summed E-state index contributed by atoms with van der Waals surface area (Å²) in [5.74, 6) is -3.49. The Labute approximate surface area is 258 Å². The van der Waals surface area contributed by atoms with Gasteiger partial charge in [-0.3, -0.25) is 19.2 Å². The zero-order chi connectivity index (χ0) is 32.1. The third-order valence-electron chi connectivity index (χ3n) is 8.30. The molecule has 2 aromatic carbocycles. The number of aromatic nitrogens is 2. The first-order chi connectivity index (χ1) is 21.6. The molecule has 0 spiro atoms. The zero-order valence-corrected chi connectivity index (χ0v) is 24.6. The number of carbonyl (C=O) groups is 5. The van der Waals surface area contributed by atoms with Gasteiger partial charge in [-0.2, -0.15) is 0 Å². The Morgan fingerprint density at radius 3 is 2.04 bits per heavy atom. The topological polar surface area (TPSA) is 216 Å². The number of hydrogen-bond donors (Lipinski definition) is 7. The molecule has 0 bridgehead atoms. The van der Waals surface area contributed by atoms with Gasteiger partial charge in [0.05, 0.1) is 6.04 Å². The van der Waals surface area contributed by atoms with Crippen molar-refractivity contribution in [1.29, 1.82) is 0 Å². The number of carboxylic acids is 1. The molecule has 4 aromatic rings. The van der Waals surface area contributed by atoms with Crippen LogP contribution in [0.25, 0.3) is 21.8 Å². The van der Waals surface area contributed by atoms with Crippen molar-refractivity contribution in [3.63, 3.8) is 0 Å². The number of amides is 4. The van der Waals surface area contributed by atoms with Crippen LogP contribution in [-0.2, 0) is 36.8 Å². The van der Waals surface area contributed by atoms with Crippen LogP contribution in [0.15, 0.2) is 60.9 Å². The number of aliphatic carboxylic acids is 1. The van der Waals surface area contributed by atoms with Crippen molar-refractivity contribution in [3.8, 4) is 0 Å². The van der Waals surface area contributed by atoms with Crippen LogP contribution in [0.3, 0.4) is 0 Å². The maximum Gasteiger partial charge on any atom is 0.326 e. The number of primary amides is 1. The van der Waals surface area contributed by atoms with Gasteiger partial charge in [-0.05, 0) is 42.5 Å². The molecule has 4 unspecified atom stereocenters. The van der Waals surface area contributed by atoms with Crippen LogP contribution < -0.4 is 22.1 Å².